The molecule has 0 aliphatic carbocycles. The molecule has 47 heavy (non-hydrogen) atoms. The number of benzene rings is 2. The first kappa shape index (κ1) is 36.8. The zero-order valence-corrected chi connectivity index (χ0v) is 29.3. The summed E-state index contributed by atoms with van der Waals surface area (Å²) >= 11 is 1.13. The summed E-state index contributed by atoms with van der Waals surface area (Å²) in [7, 11) is -6.37. The zero-order chi connectivity index (χ0) is 34.4. The number of rotatable bonds is 9. The fourth-order valence-corrected chi connectivity index (χ4v) is 8.63. The Morgan fingerprint density at radius 1 is 1.11 bits per heavy atom. The van der Waals surface area contributed by atoms with E-state index in [1.165, 1.54) is 34.5 Å². The normalized spacial score (nSPS) is 21.0. The number of anilines is 1. The van der Waals surface area contributed by atoms with Gasteiger partial charge in [-0.15, -0.1) is 11.3 Å². The van der Waals surface area contributed by atoms with Gasteiger partial charge in [-0.1, -0.05) is 13.0 Å². The Morgan fingerprint density at radius 3 is 2.49 bits per heavy atom. The highest BCUT2D eigenvalue weighted by Crippen LogP contribution is 2.30. The molecule has 15 heteroatoms. The quantitative estimate of drug-likeness (QED) is 0.322. The molecule has 0 fully saturated rings. The molecule has 3 aromatic rings. The number of hydrogen-bond donors (Lipinski definition) is 2. The monoisotopic (exact) mass is 711 g/mol. The maximum Gasteiger partial charge on any atom is 0.261 e. The maximum atomic E-state index is 14.3. The molecule has 0 bridgehead atoms. The molecule has 1 amide bonds. The van der Waals surface area contributed by atoms with E-state index in [2.05, 4.69) is 4.72 Å². The molecule has 2 aromatic carbocycles. The van der Waals surface area contributed by atoms with Crippen molar-refractivity contribution in [2.24, 2.45) is 5.92 Å². The van der Waals surface area contributed by atoms with Crippen LogP contribution in [0.15, 0.2) is 69.1 Å². The lowest BCUT2D eigenvalue weighted by Crippen LogP contribution is -2.48. The molecule has 0 saturated heterocycles. The van der Waals surface area contributed by atoms with E-state index in [0.717, 1.165) is 42.0 Å². The van der Waals surface area contributed by atoms with Crippen molar-refractivity contribution in [3.8, 4) is 5.75 Å². The molecular weight excluding hydrogens is 670 g/mol. The summed E-state index contributed by atoms with van der Waals surface area (Å²) in [5.41, 5.74) is 0.167. The second kappa shape index (κ2) is 15.9. The van der Waals surface area contributed by atoms with Crippen LogP contribution < -0.4 is 9.46 Å². The van der Waals surface area contributed by atoms with Crippen LogP contribution in [0.2, 0.25) is 0 Å². The van der Waals surface area contributed by atoms with Crippen molar-refractivity contribution in [3.63, 3.8) is 0 Å². The Hall–Kier alpha value is -3.08. The van der Waals surface area contributed by atoms with Gasteiger partial charge in [-0.05, 0) is 87.0 Å². The number of aliphatic hydroxyl groups excluding tert-OH is 1. The van der Waals surface area contributed by atoms with Gasteiger partial charge in [-0.25, -0.2) is 21.2 Å². The van der Waals surface area contributed by atoms with E-state index in [-0.39, 0.29) is 57.8 Å². The van der Waals surface area contributed by atoms with Gasteiger partial charge in [0.15, 0.2) is 0 Å². The number of nitrogens with zero attached hydrogens (tertiary/aromatic N) is 2. The van der Waals surface area contributed by atoms with Crippen molar-refractivity contribution in [1.29, 1.82) is 0 Å². The van der Waals surface area contributed by atoms with Crippen LogP contribution in [-0.2, 0) is 24.8 Å². The van der Waals surface area contributed by atoms with E-state index >= 15 is 0 Å². The van der Waals surface area contributed by atoms with Gasteiger partial charge in [0.1, 0.15) is 15.8 Å². The summed E-state index contributed by atoms with van der Waals surface area (Å²) in [5, 5.41) is 11.9. The lowest BCUT2D eigenvalue weighted by Gasteiger charge is -2.35. The van der Waals surface area contributed by atoms with Gasteiger partial charge in [-0.3, -0.25) is 9.52 Å². The first-order valence-corrected chi connectivity index (χ1v) is 19.2. The van der Waals surface area contributed by atoms with Gasteiger partial charge in [0.2, 0.25) is 0 Å². The third kappa shape index (κ3) is 9.30. The number of hydrogen-bond acceptors (Lipinski definition) is 9. The summed E-state index contributed by atoms with van der Waals surface area (Å²) in [6.07, 6.45) is 1.20. The van der Waals surface area contributed by atoms with Gasteiger partial charge in [0, 0.05) is 38.3 Å². The number of amides is 1. The third-order valence-corrected chi connectivity index (χ3v) is 12.6. The summed E-state index contributed by atoms with van der Waals surface area (Å²) < 4.78 is 82.4. The first-order chi connectivity index (χ1) is 22.2. The average molecular weight is 712 g/mol. The van der Waals surface area contributed by atoms with Gasteiger partial charge in [0.05, 0.1) is 35.3 Å². The van der Waals surface area contributed by atoms with Crippen molar-refractivity contribution < 1.29 is 40.6 Å². The van der Waals surface area contributed by atoms with E-state index in [1.54, 1.807) is 24.4 Å². The van der Waals surface area contributed by atoms with Crippen molar-refractivity contribution in [2.75, 3.05) is 38.1 Å². The number of thiophene rings is 1. The third-order valence-electron chi connectivity index (χ3n) is 8.02. The Kier molecular flexibility index (Phi) is 12.4. The molecule has 1 aromatic heterocycles. The molecular formula is C32H42FN3O8S3. The van der Waals surface area contributed by atoms with Gasteiger partial charge >= 0.3 is 0 Å². The van der Waals surface area contributed by atoms with E-state index in [4.69, 9.17) is 9.47 Å². The summed E-state index contributed by atoms with van der Waals surface area (Å²) in [6.45, 7) is 5.57. The summed E-state index contributed by atoms with van der Waals surface area (Å²) in [4.78, 5) is 15.6. The molecule has 0 radical (unpaired) electrons. The Balaban J connectivity index is 1.68. The highest BCUT2D eigenvalue weighted by atomic mass is 32.2. The fraction of sp³-hybridized carbons (Fsp3) is 0.469. The van der Waals surface area contributed by atoms with Crippen LogP contribution in [0.5, 0.6) is 5.75 Å². The van der Waals surface area contributed by atoms with Crippen LogP contribution in [0.1, 0.15) is 50.4 Å². The number of likely N-dealkylation sites (N-methyl/N-ethyl adjacent to an activating group) is 1. The Morgan fingerprint density at radius 2 is 1.83 bits per heavy atom. The second-order valence-corrected chi connectivity index (χ2v) is 16.7. The van der Waals surface area contributed by atoms with Crippen molar-refractivity contribution in [1.82, 2.24) is 9.21 Å². The molecule has 0 unspecified atom stereocenters. The zero-order valence-electron chi connectivity index (χ0n) is 26.8. The standard InChI is InChI=1S/C32H42FN3O8S3/c1-22-19-36(23(2)21-37)32(38)28-18-26(34-46(39,40)27-13-10-25(33)11-14-27)12-15-29(28)44-24(3)8-5-6-16-43-30(22)20-35(4)47(41,42)31-9-7-17-45-31/h7,9-15,17-18,22-24,30,34,37H,5-6,8,16,19-21H2,1-4H3/t22-,23+,24-,30-/m1/s1. The molecule has 1 aliphatic rings. The Bertz CT molecular complexity index is 1700. The SMILES string of the molecule is C[C@@H]1CCCCO[C@H](CN(C)S(=O)(=O)c2cccs2)[C@H](C)CN([C@@H](C)CO)C(=O)c2cc(NS(=O)(=O)c3ccc(F)cc3)ccc2O1. The average Bonchev–Trinajstić information content (AvgIpc) is 3.59. The Labute approximate surface area is 280 Å². The number of aliphatic hydroxyl groups is 1. The van der Waals surface area contributed by atoms with Gasteiger partial charge < -0.3 is 19.5 Å². The molecule has 4 rings (SSSR count). The molecule has 1 aliphatic heterocycles. The minimum Gasteiger partial charge on any atom is -0.490 e. The topological polar surface area (TPSA) is 143 Å². The molecule has 11 nitrogen and oxygen atoms in total. The van der Waals surface area contributed by atoms with Crippen molar-refractivity contribution in [3.05, 3.63) is 71.4 Å². The number of carbonyl (C=O) groups is 1. The summed E-state index contributed by atoms with van der Waals surface area (Å²) in [5.74, 6) is -1.22. The fourth-order valence-electron chi connectivity index (χ4n) is 5.19. The summed E-state index contributed by atoms with van der Waals surface area (Å²) in [6, 6.07) is 11.3. The van der Waals surface area contributed by atoms with Gasteiger partial charge in [-0.2, -0.15) is 4.31 Å². The first-order valence-electron chi connectivity index (χ1n) is 15.3. The van der Waals surface area contributed by atoms with Crippen LogP contribution in [0, 0.1) is 11.7 Å². The van der Waals surface area contributed by atoms with Gasteiger partial charge in [0.25, 0.3) is 26.0 Å². The molecule has 0 spiro atoms. The van der Waals surface area contributed by atoms with E-state index in [1.807, 2.05) is 13.8 Å². The number of sulfonamides is 2. The molecule has 4 atom stereocenters. The van der Waals surface area contributed by atoms with Crippen molar-refractivity contribution >= 4 is 43.0 Å². The number of nitrogens with one attached hydrogen (secondary N) is 1. The minimum absolute atomic E-state index is 0.0440. The van der Waals surface area contributed by atoms with Crippen LogP contribution in [0.25, 0.3) is 0 Å². The van der Waals surface area contributed by atoms with Crippen LogP contribution in [-0.4, -0.2) is 88.7 Å². The molecule has 2 N–H and O–H groups in total. The van der Waals surface area contributed by atoms with Crippen LogP contribution >= 0.6 is 11.3 Å². The highest BCUT2D eigenvalue weighted by molar-refractivity contribution is 7.92. The number of halogens is 1. The lowest BCUT2D eigenvalue weighted by atomic mass is 10.0. The van der Waals surface area contributed by atoms with E-state index in [9.17, 15) is 31.1 Å². The maximum absolute atomic E-state index is 14.3. The molecule has 2 heterocycles. The molecule has 0 saturated carbocycles. The largest absolute Gasteiger partial charge is 0.490 e. The highest BCUT2D eigenvalue weighted by Gasteiger charge is 2.33. The van der Waals surface area contributed by atoms with Crippen molar-refractivity contribution in [2.45, 2.75) is 67.4 Å². The number of ether oxygens (including phenoxy) is 2. The predicted molar refractivity (Wildman–Crippen MR) is 178 cm³/mol. The predicted octanol–water partition coefficient (Wildman–Crippen LogP) is 4.80. The number of fused-ring (bicyclic) bond motifs is 1. The minimum atomic E-state index is -4.12. The second-order valence-electron chi connectivity index (χ2n) is 11.8. The number of carbonyl (C=O) groups excluding carboxylic acids is 1. The van der Waals surface area contributed by atoms with E-state index in [0.29, 0.717) is 19.4 Å². The van der Waals surface area contributed by atoms with Crippen LogP contribution in [0.3, 0.4) is 0 Å². The smallest absolute Gasteiger partial charge is 0.261 e. The van der Waals surface area contributed by atoms with Crippen LogP contribution in [0.4, 0.5) is 10.1 Å². The molecule has 258 valence electrons. The van der Waals surface area contributed by atoms with E-state index < -0.39 is 43.9 Å². The lowest BCUT2D eigenvalue weighted by molar-refractivity contribution is -0.00832.